The fraction of sp³-hybridized carbons (Fsp3) is 0.632. The fourth-order valence-corrected chi connectivity index (χ4v) is 3.10. The molecule has 1 aliphatic heterocycles. The summed E-state index contributed by atoms with van der Waals surface area (Å²) in [5.41, 5.74) is 2.64. The first kappa shape index (κ1) is 17.0. The van der Waals surface area contributed by atoms with Gasteiger partial charge < -0.3 is 5.32 Å². The molecule has 0 saturated carbocycles. The predicted molar refractivity (Wildman–Crippen MR) is 91.7 cm³/mol. The van der Waals surface area contributed by atoms with Crippen molar-refractivity contribution in [3.63, 3.8) is 0 Å². The molecule has 0 aliphatic carbocycles. The van der Waals surface area contributed by atoms with Crippen LogP contribution in [0, 0.1) is 12.8 Å². The molecule has 0 spiro atoms. The Kier molecular flexibility index (Phi) is 6.91. The number of hydrogen-bond donors (Lipinski definition) is 1. The van der Waals surface area contributed by atoms with Gasteiger partial charge in [-0.3, -0.25) is 9.69 Å². The topological polar surface area (TPSA) is 32.3 Å². The van der Waals surface area contributed by atoms with Crippen LogP contribution >= 0.6 is 0 Å². The zero-order chi connectivity index (χ0) is 15.8. The number of nitrogens with zero attached hydrogens (tertiary/aromatic N) is 1. The highest BCUT2D eigenvalue weighted by molar-refractivity contribution is 5.78. The lowest BCUT2D eigenvalue weighted by molar-refractivity contribution is -0.126. The van der Waals surface area contributed by atoms with Crippen LogP contribution in [-0.2, 0) is 11.3 Å². The van der Waals surface area contributed by atoms with Crippen molar-refractivity contribution in [2.75, 3.05) is 19.6 Å². The van der Waals surface area contributed by atoms with Crippen LogP contribution in [-0.4, -0.2) is 30.4 Å². The molecule has 1 unspecified atom stereocenters. The summed E-state index contributed by atoms with van der Waals surface area (Å²) in [5.74, 6) is 0.422. The molecular formula is C19H30N2O. The van der Waals surface area contributed by atoms with Crippen molar-refractivity contribution in [3.8, 4) is 0 Å². The highest BCUT2D eigenvalue weighted by Gasteiger charge is 2.25. The maximum absolute atomic E-state index is 12.3. The molecule has 1 amide bonds. The minimum Gasteiger partial charge on any atom is -0.356 e. The van der Waals surface area contributed by atoms with Crippen molar-refractivity contribution < 1.29 is 4.79 Å². The molecule has 1 aliphatic rings. The Hall–Kier alpha value is -1.35. The molecule has 0 radical (unpaired) electrons. The zero-order valence-electron chi connectivity index (χ0n) is 14.1. The maximum Gasteiger partial charge on any atom is 0.224 e. The molecule has 122 valence electrons. The van der Waals surface area contributed by atoms with Crippen LogP contribution in [0.15, 0.2) is 24.3 Å². The summed E-state index contributed by atoms with van der Waals surface area (Å²) >= 11 is 0. The lowest BCUT2D eigenvalue weighted by Gasteiger charge is -2.32. The summed E-state index contributed by atoms with van der Waals surface area (Å²) in [6, 6.07) is 8.72. The highest BCUT2D eigenvalue weighted by Crippen LogP contribution is 2.19. The average molecular weight is 302 g/mol. The van der Waals surface area contributed by atoms with E-state index in [0.29, 0.717) is 0 Å². The van der Waals surface area contributed by atoms with Crippen molar-refractivity contribution in [3.05, 3.63) is 35.4 Å². The Morgan fingerprint density at radius 3 is 2.77 bits per heavy atom. The number of rotatable bonds is 7. The van der Waals surface area contributed by atoms with Gasteiger partial charge in [-0.25, -0.2) is 0 Å². The SMILES string of the molecule is CCCCCNC(=O)C1CCCN(Cc2ccc(C)cc2)C1. The van der Waals surface area contributed by atoms with Gasteiger partial charge in [0.15, 0.2) is 0 Å². The molecule has 3 heteroatoms. The van der Waals surface area contributed by atoms with E-state index in [1.54, 1.807) is 0 Å². The summed E-state index contributed by atoms with van der Waals surface area (Å²) in [5, 5.41) is 3.11. The molecule has 1 aromatic rings. The molecular weight excluding hydrogens is 272 g/mol. The standard InChI is InChI=1S/C19H30N2O/c1-3-4-5-12-20-19(22)18-7-6-13-21(15-18)14-17-10-8-16(2)9-11-17/h8-11,18H,3-7,12-15H2,1-2H3,(H,20,22). The number of piperidine rings is 1. The Morgan fingerprint density at radius 1 is 1.27 bits per heavy atom. The van der Waals surface area contributed by atoms with E-state index in [1.807, 2.05) is 0 Å². The van der Waals surface area contributed by atoms with Crippen LogP contribution in [0.25, 0.3) is 0 Å². The number of carbonyl (C=O) groups excluding carboxylic acids is 1. The van der Waals surface area contributed by atoms with Crippen LogP contribution in [0.4, 0.5) is 0 Å². The Bertz CT molecular complexity index is 455. The fourth-order valence-electron chi connectivity index (χ4n) is 3.10. The predicted octanol–water partition coefficient (Wildman–Crippen LogP) is 3.51. The van der Waals surface area contributed by atoms with Gasteiger partial charge in [-0.05, 0) is 38.3 Å². The number of unbranched alkanes of at least 4 members (excludes halogenated alkanes) is 2. The Morgan fingerprint density at radius 2 is 2.05 bits per heavy atom. The first-order valence-electron chi connectivity index (χ1n) is 8.74. The van der Waals surface area contributed by atoms with Crippen LogP contribution in [0.1, 0.15) is 50.2 Å². The van der Waals surface area contributed by atoms with E-state index in [9.17, 15) is 4.79 Å². The minimum atomic E-state index is 0.167. The van der Waals surface area contributed by atoms with Crippen LogP contribution < -0.4 is 5.32 Å². The molecule has 0 bridgehead atoms. The smallest absolute Gasteiger partial charge is 0.224 e. The van der Waals surface area contributed by atoms with Crippen molar-refractivity contribution in [2.24, 2.45) is 5.92 Å². The second-order valence-electron chi connectivity index (χ2n) is 6.56. The number of amides is 1. The number of nitrogens with one attached hydrogen (secondary N) is 1. The molecule has 1 saturated heterocycles. The second kappa shape index (κ2) is 8.94. The van der Waals surface area contributed by atoms with E-state index in [4.69, 9.17) is 0 Å². The van der Waals surface area contributed by atoms with Crippen LogP contribution in [0.2, 0.25) is 0 Å². The van der Waals surface area contributed by atoms with Crippen molar-refractivity contribution >= 4 is 5.91 Å². The van der Waals surface area contributed by atoms with Gasteiger partial charge in [0.05, 0.1) is 5.92 Å². The third-order valence-electron chi connectivity index (χ3n) is 4.48. The number of benzene rings is 1. The molecule has 1 heterocycles. The maximum atomic E-state index is 12.3. The molecule has 1 N–H and O–H groups in total. The van der Waals surface area contributed by atoms with Crippen molar-refractivity contribution in [2.45, 2.75) is 52.5 Å². The van der Waals surface area contributed by atoms with Gasteiger partial charge in [-0.1, -0.05) is 49.6 Å². The Balaban J connectivity index is 1.78. The van der Waals surface area contributed by atoms with Gasteiger partial charge >= 0.3 is 0 Å². The zero-order valence-corrected chi connectivity index (χ0v) is 14.1. The van der Waals surface area contributed by atoms with Gasteiger partial charge in [-0.2, -0.15) is 0 Å². The minimum absolute atomic E-state index is 0.167. The molecule has 1 atom stereocenters. The van der Waals surface area contributed by atoms with Gasteiger partial charge in [0, 0.05) is 19.6 Å². The number of likely N-dealkylation sites (tertiary alicyclic amines) is 1. The molecule has 0 aromatic heterocycles. The van der Waals surface area contributed by atoms with E-state index in [0.717, 1.165) is 45.4 Å². The van der Waals surface area contributed by atoms with Gasteiger partial charge in [-0.15, -0.1) is 0 Å². The quantitative estimate of drug-likeness (QED) is 0.782. The lowest BCUT2D eigenvalue weighted by atomic mass is 9.96. The second-order valence-corrected chi connectivity index (χ2v) is 6.56. The number of aryl methyl sites for hydroxylation is 1. The molecule has 2 rings (SSSR count). The van der Waals surface area contributed by atoms with Crippen LogP contribution in [0.3, 0.4) is 0 Å². The largest absolute Gasteiger partial charge is 0.356 e. The van der Waals surface area contributed by atoms with E-state index in [-0.39, 0.29) is 11.8 Å². The third-order valence-corrected chi connectivity index (χ3v) is 4.48. The molecule has 1 aromatic carbocycles. The summed E-state index contributed by atoms with van der Waals surface area (Å²) in [6.07, 6.45) is 5.65. The molecule has 3 nitrogen and oxygen atoms in total. The first-order valence-corrected chi connectivity index (χ1v) is 8.74. The normalized spacial score (nSPS) is 19.1. The first-order chi connectivity index (χ1) is 10.7. The van der Waals surface area contributed by atoms with Crippen LogP contribution in [0.5, 0.6) is 0 Å². The van der Waals surface area contributed by atoms with Crippen molar-refractivity contribution in [1.29, 1.82) is 0 Å². The van der Waals surface area contributed by atoms with E-state index < -0.39 is 0 Å². The molecule has 1 fully saturated rings. The highest BCUT2D eigenvalue weighted by atomic mass is 16.1. The summed E-state index contributed by atoms with van der Waals surface area (Å²) in [7, 11) is 0. The number of carbonyl (C=O) groups is 1. The summed E-state index contributed by atoms with van der Waals surface area (Å²) < 4.78 is 0. The Labute approximate surface area is 135 Å². The lowest BCUT2D eigenvalue weighted by Crippen LogP contribution is -2.42. The van der Waals surface area contributed by atoms with Gasteiger partial charge in [0.25, 0.3) is 0 Å². The van der Waals surface area contributed by atoms with E-state index in [2.05, 4.69) is 48.3 Å². The van der Waals surface area contributed by atoms with Gasteiger partial charge in [0.2, 0.25) is 5.91 Å². The molecule has 22 heavy (non-hydrogen) atoms. The van der Waals surface area contributed by atoms with E-state index in [1.165, 1.54) is 24.0 Å². The van der Waals surface area contributed by atoms with Crippen molar-refractivity contribution in [1.82, 2.24) is 10.2 Å². The van der Waals surface area contributed by atoms with E-state index >= 15 is 0 Å². The monoisotopic (exact) mass is 302 g/mol. The average Bonchev–Trinajstić information content (AvgIpc) is 2.54. The van der Waals surface area contributed by atoms with Gasteiger partial charge in [0.1, 0.15) is 0 Å². The third kappa shape index (κ3) is 5.45. The number of hydrogen-bond acceptors (Lipinski definition) is 2. The summed E-state index contributed by atoms with van der Waals surface area (Å²) in [6.45, 7) is 8.09. The summed E-state index contributed by atoms with van der Waals surface area (Å²) in [4.78, 5) is 14.7.